The Morgan fingerprint density at radius 3 is 2.29 bits per heavy atom. The van der Waals surface area contributed by atoms with E-state index in [1.807, 2.05) is 0 Å². The van der Waals surface area contributed by atoms with Gasteiger partial charge in [0, 0.05) is 19.5 Å². The van der Waals surface area contributed by atoms with Gasteiger partial charge in [0.25, 0.3) is 0 Å². The number of carbonyl (C=O) groups is 5. The van der Waals surface area contributed by atoms with E-state index in [1.54, 1.807) is 0 Å². The zero-order valence-electron chi connectivity index (χ0n) is 19.6. The highest BCUT2D eigenvalue weighted by molar-refractivity contribution is 5.94. The molecule has 35 heavy (non-hydrogen) atoms. The Morgan fingerprint density at radius 2 is 1.74 bits per heavy atom. The Balaban J connectivity index is 2.97. The minimum absolute atomic E-state index is 0.0352. The third-order valence-corrected chi connectivity index (χ3v) is 5.48. The number of nitrogens with zero attached hydrogens (tertiary/aromatic N) is 2. The van der Waals surface area contributed by atoms with Crippen molar-refractivity contribution in [2.45, 2.75) is 75.7 Å². The number of nitrogens with two attached hydrogens (primary N) is 3. The van der Waals surface area contributed by atoms with Crippen LogP contribution in [0.1, 0.15) is 45.4 Å². The number of carbonyl (C=O) groups excluding carboxylic acids is 3. The quantitative estimate of drug-likeness (QED) is 0.0662. The van der Waals surface area contributed by atoms with E-state index >= 15 is 0 Å². The van der Waals surface area contributed by atoms with Crippen LogP contribution in [0.3, 0.4) is 0 Å². The first-order valence-corrected chi connectivity index (χ1v) is 11.2. The molecule has 1 fully saturated rings. The SMILES string of the molecule is CC(O)C(N)C(=O)N1CCCC1C(=O)NC(CCCN=C(N)N)C(=O)NC(CCC(=O)O)C(=O)O. The average molecular weight is 502 g/mol. The Kier molecular flexibility index (Phi) is 11.9. The maximum Gasteiger partial charge on any atom is 0.326 e. The van der Waals surface area contributed by atoms with Gasteiger partial charge in [-0.2, -0.15) is 0 Å². The molecule has 11 N–H and O–H groups in total. The number of aliphatic hydroxyl groups excluding tert-OH is 1. The standard InChI is InChI=1S/C20H35N7O8/c1-10(28)15(21)18(33)27-9-3-5-13(27)17(32)25-11(4-2-8-24-20(22)23)16(31)26-12(19(34)35)6-7-14(29)30/h10-13,15,28H,2-9,21H2,1H3,(H,25,32)(H,26,31)(H,29,30)(H,34,35)(H4,22,23,24). The van der Waals surface area contributed by atoms with Crippen LogP contribution in [0.2, 0.25) is 0 Å². The molecule has 15 heteroatoms. The predicted octanol–water partition coefficient (Wildman–Crippen LogP) is -3.34. The molecule has 0 aromatic carbocycles. The van der Waals surface area contributed by atoms with Crippen molar-refractivity contribution < 1.29 is 39.3 Å². The molecule has 198 valence electrons. The Labute approximate surface area is 202 Å². The molecule has 0 aliphatic carbocycles. The van der Waals surface area contributed by atoms with Gasteiger partial charge in [-0.05, 0) is 39.0 Å². The summed E-state index contributed by atoms with van der Waals surface area (Å²) in [5.74, 6) is -4.90. The van der Waals surface area contributed by atoms with E-state index in [2.05, 4.69) is 15.6 Å². The number of hydrogen-bond acceptors (Lipinski definition) is 8. The Hall–Kier alpha value is -3.46. The van der Waals surface area contributed by atoms with Crippen LogP contribution in [-0.4, -0.2) is 99.2 Å². The van der Waals surface area contributed by atoms with E-state index in [0.717, 1.165) is 0 Å². The summed E-state index contributed by atoms with van der Waals surface area (Å²) >= 11 is 0. The summed E-state index contributed by atoms with van der Waals surface area (Å²) in [6.07, 6.45) is -0.859. The van der Waals surface area contributed by atoms with Crippen LogP contribution in [0.25, 0.3) is 0 Å². The molecular weight excluding hydrogens is 466 g/mol. The van der Waals surface area contributed by atoms with Crippen molar-refractivity contribution in [1.82, 2.24) is 15.5 Å². The number of hydrogen-bond donors (Lipinski definition) is 8. The zero-order chi connectivity index (χ0) is 26.7. The molecule has 1 heterocycles. The van der Waals surface area contributed by atoms with Crippen molar-refractivity contribution >= 4 is 35.6 Å². The van der Waals surface area contributed by atoms with Crippen LogP contribution >= 0.6 is 0 Å². The van der Waals surface area contributed by atoms with E-state index in [-0.39, 0.29) is 38.3 Å². The van der Waals surface area contributed by atoms with Crippen LogP contribution in [0.15, 0.2) is 4.99 Å². The van der Waals surface area contributed by atoms with Gasteiger partial charge < -0.3 is 48.1 Å². The number of aliphatic carboxylic acids is 2. The number of nitrogens with one attached hydrogen (secondary N) is 2. The monoisotopic (exact) mass is 501 g/mol. The molecule has 5 unspecified atom stereocenters. The number of likely N-dealkylation sites (tertiary alicyclic amines) is 1. The molecule has 1 aliphatic heterocycles. The maximum absolute atomic E-state index is 13.0. The number of aliphatic imine (C=N–C) groups is 1. The summed E-state index contributed by atoms with van der Waals surface area (Å²) < 4.78 is 0. The highest BCUT2D eigenvalue weighted by Gasteiger charge is 2.38. The molecule has 0 saturated carbocycles. The first-order valence-electron chi connectivity index (χ1n) is 11.2. The summed E-state index contributed by atoms with van der Waals surface area (Å²) in [6.45, 7) is 1.74. The second-order valence-corrected chi connectivity index (χ2v) is 8.30. The number of carboxylic acid groups (broad SMARTS) is 2. The smallest absolute Gasteiger partial charge is 0.326 e. The number of amides is 3. The van der Waals surface area contributed by atoms with Crippen molar-refractivity contribution in [2.24, 2.45) is 22.2 Å². The van der Waals surface area contributed by atoms with Gasteiger partial charge in [0.2, 0.25) is 17.7 Å². The lowest BCUT2D eigenvalue weighted by Crippen LogP contribution is -2.57. The molecule has 3 amide bonds. The number of guanidine groups is 1. The van der Waals surface area contributed by atoms with Gasteiger partial charge in [0.05, 0.1) is 6.10 Å². The van der Waals surface area contributed by atoms with Crippen LogP contribution in [0.5, 0.6) is 0 Å². The molecule has 0 radical (unpaired) electrons. The zero-order valence-corrected chi connectivity index (χ0v) is 19.6. The second kappa shape index (κ2) is 14.1. The molecular formula is C20H35N7O8. The molecule has 5 atom stereocenters. The highest BCUT2D eigenvalue weighted by Crippen LogP contribution is 2.19. The minimum atomic E-state index is -1.48. The maximum atomic E-state index is 13.0. The van der Waals surface area contributed by atoms with Crippen LogP contribution in [0, 0.1) is 0 Å². The van der Waals surface area contributed by atoms with Crippen LogP contribution in [-0.2, 0) is 24.0 Å². The third-order valence-electron chi connectivity index (χ3n) is 5.48. The normalized spacial score (nSPS) is 18.6. The minimum Gasteiger partial charge on any atom is -0.481 e. The average Bonchev–Trinajstić information content (AvgIpc) is 3.26. The van der Waals surface area contributed by atoms with Gasteiger partial charge in [-0.25, -0.2) is 4.79 Å². The molecule has 0 spiro atoms. The van der Waals surface area contributed by atoms with Crippen molar-refractivity contribution in [1.29, 1.82) is 0 Å². The lowest BCUT2D eigenvalue weighted by molar-refractivity contribution is -0.144. The van der Waals surface area contributed by atoms with E-state index in [9.17, 15) is 34.2 Å². The lowest BCUT2D eigenvalue weighted by Gasteiger charge is -2.29. The molecule has 1 saturated heterocycles. The van der Waals surface area contributed by atoms with E-state index in [4.69, 9.17) is 22.3 Å². The van der Waals surface area contributed by atoms with Crippen molar-refractivity contribution in [3.05, 3.63) is 0 Å². The van der Waals surface area contributed by atoms with Gasteiger partial charge in [0.1, 0.15) is 24.2 Å². The van der Waals surface area contributed by atoms with Gasteiger partial charge >= 0.3 is 11.9 Å². The fraction of sp³-hybridized carbons (Fsp3) is 0.700. The van der Waals surface area contributed by atoms with E-state index in [1.165, 1.54) is 11.8 Å². The molecule has 0 bridgehead atoms. The van der Waals surface area contributed by atoms with Gasteiger partial charge in [0.15, 0.2) is 5.96 Å². The summed E-state index contributed by atoms with van der Waals surface area (Å²) in [5.41, 5.74) is 16.3. The molecule has 0 aromatic rings. The summed E-state index contributed by atoms with van der Waals surface area (Å²) in [5, 5.41) is 32.5. The Morgan fingerprint density at radius 1 is 1.09 bits per heavy atom. The first-order chi connectivity index (χ1) is 16.3. The number of aliphatic hydroxyl groups is 1. The van der Waals surface area contributed by atoms with Crippen LogP contribution in [0.4, 0.5) is 0 Å². The van der Waals surface area contributed by atoms with E-state index in [0.29, 0.717) is 12.8 Å². The van der Waals surface area contributed by atoms with Crippen molar-refractivity contribution in [3.8, 4) is 0 Å². The van der Waals surface area contributed by atoms with Gasteiger partial charge in [-0.1, -0.05) is 0 Å². The van der Waals surface area contributed by atoms with Gasteiger partial charge in [-0.15, -0.1) is 0 Å². The van der Waals surface area contributed by atoms with E-state index < -0.39 is 66.4 Å². The number of carboxylic acids is 2. The van der Waals surface area contributed by atoms with Gasteiger partial charge in [-0.3, -0.25) is 24.2 Å². The van der Waals surface area contributed by atoms with Crippen LogP contribution < -0.4 is 27.8 Å². The molecule has 0 aromatic heterocycles. The number of rotatable bonds is 14. The fourth-order valence-corrected chi connectivity index (χ4v) is 3.54. The first kappa shape index (κ1) is 29.6. The molecule has 1 rings (SSSR count). The topological polar surface area (TPSA) is 264 Å². The summed E-state index contributed by atoms with van der Waals surface area (Å²) in [6, 6.07) is -4.83. The second-order valence-electron chi connectivity index (χ2n) is 8.30. The summed E-state index contributed by atoms with van der Waals surface area (Å²) in [7, 11) is 0. The fourth-order valence-electron chi connectivity index (χ4n) is 3.54. The van der Waals surface area contributed by atoms with Crippen molar-refractivity contribution in [2.75, 3.05) is 13.1 Å². The Bertz CT molecular complexity index is 815. The highest BCUT2D eigenvalue weighted by atomic mass is 16.4. The lowest BCUT2D eigenvalue weighted by atomic mass is 10.1. The largest absolute Gasteiger partial charge is 0.481 e. The van der Waals surface area contributed by atoms with Crippen molar-refractivity contribution in [3.63, 3.8) is 0 Å². The predicted molar refractivity (Wildman–Crippen MR) is 123 cm³/mol. The third kappa shape index (κ3) is 9.74. The summed E-state index contributed by atoms with van der Waals surface area (Å²) in [4.78, 5) is 65.7. The molecule has 1 aliphatic rings. The molecule has 15 nitrogen and oxygen atoms in total.